The molecule has 11 heteroatoms. The molecule has 0 amide bonds. The van der Waals surface area contributed by atoms with E-state index in [9.17, 15) is 24.0 Å². The number of carbonyl (C=O) groups is 5. The molecular weight excluding hydrogens is 596 g/mol. The summed E-state index contributed by atoms with van der Waals surface area (Å²) in [7, 11) is 0. The number of ether oxygens (including phenoxy) is 6. The van der Waals surface area contributed by atoms with Crippen LogP contribution in [0.25, 0.3) is 0 Å². The summed E-state index contributed by atoms with van der Waals surface area (Å²) in [5, 5.41) is 0. The molecule has 0 spiro atoms. The first-order valence-corrected chi connectivity index (χ1v) is 14.2. The number of rotatable bonds is 11. The topological polar surface area (TPSA) is 141 Å². The molecule has 0 radical (unpaired) electrons. The minimum absolute atomic E-state index is 0.0629. The maximum Gasteiger partial charge on any atom is 0.338 e. The third-order valence-electron chi connectivity index (χ3n) is 6.93. The van der Waals surface area contributed by atoms with E-state index in [1.165, 1.54) is 36.4 Å². The Morgan fingerprint density at radius 3 is 1.30 bits per heavy atom. The minimum atomic E-state index is -1.66. The molecule has 5 atom stereocenters. The van der Waals surface area contributed by atoms with Crippen LogP contribution in [-0.2, 0) is 33.2 Å². The second-order valence-electron chi connectivity index (χ2n) is 9.95. The van der Waals surface area contributed by atoms with Gasteiger partial charge in [-0.15, -0.1) is 0 Å². The standard InChI is InChI=1S/C35H28O11/c36-22-42-35-30(46-34(40)26-19-11-4-12-20-26)29(45-33(39)25-17-9-3-10-18-25)28(44-32(38)24-15-7-2-8-16-24)27(43-35)21-41-31(37)23-13-5-1-6-14-23/h1-20,22,27-30,35H,21H2/t27-,28+,29+,30-,35-/m1/s1. The molecule has 46 heavy (non-hydrogen) atoms. The van der Waals surface area contributed by atoms with E-state index in [1.807, 2.05) is 0 Å². The molecule has 1 saturated heterocycles. The van der Waals surface area contributed by atoms with Crippen LogP contribution in [0.2, 0.25) is 0 Å². The minimum Gasteiger partial charge on any atom is -0.459 e. The Bertz CT molecular complexity index is 1630. The van der Waals surface area contributed by atoms with Crippen molar-refractivity contribution in [2.75, 3.05) is 6.61 Å². The smallest absolute Gasteiger partial charge is 0.338 e. The number of carbonyl (C=O) groups excluding carboxylic acids is 5. The second kappa shape index (κ2) is 15.3. The van der Waals surface area contributed by atoms with Crippen LogP contribution in [0.5, 0.6) is 0 Å². The quantitative estimate of drug-likeness (QED) is 0.133. The number of hydrogen-bond acceptors (Lipinski definition) is 11. The average molecular weight is 625 g/mol. The molecule has 0 unspecified atom stereocenters. The van der Waals surface area contributed by atoms with E-state index in [2.05, 4.69) is 0 Å². The van der Waals surface area contributed by atoms with Crippen LogP contribution >= 0.6 is 0 Å². The van der Waals surface area contributed by atoms with Crippen LogP contribution in [0, 0.1) is 0 Å². The fourth-order valence-corrected chi connectivity index (χ4v) is 4.69. The lowest BCUT2D eigenvalue weighted by Gasteiger charge is -2.43. The van der Waals surface area contributed by atoms with Crippen LogP contribution in [0.1, 0.15) is 41.4 Å². The molecule has 234 valence electrons. The number of hydrogen-bond donors (Lipinski definition) is 0. The van der Waals surface area contributed by atoms with Crippen molar-refractivity contribution in [2.45, 2.75) is 30.7 Å². The maximum atomic E-state index is 13.4. The first kappa shape index (κ1) is 31.6. The Labute approximate surface area is 263 Å². The zero-order valence-electron chi connectivity index (χ0n) is 24.2. The Kier molecular flexibility index (Phi) is 10.5. The van der Waals surface area contributed by atoms with Gasteiger partial charge in [-0.1, -0.05) is 72.8 Å². The van der Waals surface area contributed by atoms with E-state index in [1.54, 1.807) is 84.9 Å². The summed E-state index contributed by atoms with van der Waals surface area (Å²) in [6.45, 7) is -0.467. The first-order chi connectivity index (χ1) is 22.4. The van der Waals surface area contributed by atoms with Gasteiger partial charge in [0.1, 0.15) is 12.7 Å². The van der Waals surface area contributed by atoms with E-state index in [0.717, 1.165) is 0 Å². The summed E-state index contributed by atoms with van der Waals surface area (Å²) in [5.41, 5.74) is 0.658. The summed E-state index contributed by atoms with van der Waals surface area (Å²) in [5.74, 6) is -3.28. The zero-order chi connectivity index (χ0) is 32.3. The van der Waals surface area contributed by atoms with Gasteiger partial charge < -0.3 is 28.4 Å². The lowest BCUT2D eigenvalue weighted by Crippen LogP contribution is -2.63. The van der Waals surface area contributed by atoms with Crippen LogP contribution in [0.4, 0.5) is 0 Å². The van der Waals surface area contributed by atoms with Crippen molar-refractivity contribution in [1.29, 1.82) is 0 Å². The summed E-state index contributed by atoms with van der Waals surface area (Å²) in [6.07, 6.45) is -7.77. The fraction of sp³-hybridized carbons (Fsp3) is 0.171. The molecule has 1 fully saturated rings. The highest BCUT2D eigenvalue weighted by atomic mass is 16.7. The van der Waals surface area contributed by atoms with Crippen molar-refractivity contribution in [2.24, 2.45) is 0 Å². The highest BCUT2D eigenvalue weighted by Crippen LogP contribution is 2.31. The predicted octanol–water partition coefficient (Wildman–Crippen LogP) is 4.42. The van der Waals surface area contributed by atoms with Crippen molar-refractivity contribution in [1.82, 2.24) is 0 Å². The molecule has 4 aromatic rings. The van der Waals surface area contributed by atoms with Crippen LogP contribution in [0.15, 0.2) is 121 Å². The third-order valence-corrected chi connectivity index (χ3v) is 6.93. The Morgan fingerprint density at radius 1 is 0.522 bits per heavy atom. The monoisotopic (exact) mass is 624 g/mol. The summed E-state index contributed by atoms with van der Waals surface area (Å²) >= 11 is 0. The molecule has 0 saturated carbocycles. The fourth-order valence-electron chi connectivity index (χ4n) is 4.69. The summed E-state index contributed by atoms with van der Waals surface area (Å²) in [6, 6.07) is 31.9. The normalized spacial score (nSPS) is 20.4. The average Bonchev–Trinajstić information content (AvgIpc) is 3.11. The number of benzene rings is 4. The van der Waals surface area contributed by atoms with Gasteiger partial charge in [0.2, 0.25) is 12.4 Å². The van der Waals surface area contributed by atoms with Crippen molar-refractivity contribution in [3.63, 3.8) is 0 Å². The molecule has 1 aliphatic rings. The second-order valence-corrected chi connectivity index (χ2v) is 9.95. The summed E-state index contributed by atoms with van der Waals surface area (Å²) in [4.78, 5) is 64.4. The highest BCUT2D eigenvalue weighted by Gasteiger charge is 2.54. The Morgan fingerprint density at radius 2 is 0.891 bits per heavy atom. The van der Waals surface area contributed by atoms with Crippen LogP contribution in [-0.4, -0.2) is 67.7 Å². The molecule has 11 nitrogen and oxygen atoms in total. The maximum absolute atomic E-state index is 13.4. The highest BCUT2D eigenvalue weighted by molar-refractivity contribution is 5.91. The van der Waals surface area contributed by atoms with E-state index >= 15 is 0 Å². The number of esters is 4. The Hall–Kier alpha value is -5.81. The molecule has 4 aromatic carbocycles. The van der Waals surface area contributed by atoms with Crippen LogP contribution in [0.3, 0.4) is 0 Å². The molecular formula is C35H28O11. The lowest BCUT2D eigenvalue weighted by molar-refractivity contribution is -0.286. The molecule has 0 aliphatic carbocycles. The van der Waals surface area contributed by atoms with Crippen molar-refractivity contribution < 1.29 is 52.4 Å². The molecule has 0 bridgehead atoms. The van der Waals surface area contributed by atoms with Crippen molar-refractivity contribution in [3.05, 3.63) is 144 Å². The predicted molar refractivity (Wildman–Crippen MR) is 159 cm³/mol. The van der Waals surface area contributed by atoms with Gasteiger partial charge in [-0.05, 0) is 48.5 Å². The van der Waals surface area contributed by atoms with Gasteiger partial charge in [0, 0.05) is 0 Å². The Balaban J connectivity index is 1.52. The van der Waals surface area contributed by atoms with Gasteiger partial charge in [-0.25, -0.2) is 19.2 Å². The molecule has 1 aliphatic heterocycles. The van der Waals surface area contributed by atoms with E-state index in [4.69, 9.17) is 28.4 Å². The molecule has 1 heterocycles. The SMILES string of the molecule is O=CO[C@@H]1O[C@H](COC(=O)c2ccccc2)[C@H](OC(=O)c2ccccc2)[C@H](OC(=O)c2ccccc2)[C@H]1OC(=O)c1ccccc1. The van der Waals surface area contributed by atoms with E-state index < -0.39 is 61.2 Å². The van der Waals surface area contributed by atoms with Crippen LogP contribution < -0.4 is 0 Å². The van der Waals surface area contributed by atoms with Gasteiger partial charge in [0.05, 0.1) is 22.3 Å². The van der Waals surface area contributed by atoms with Crippen molar-refractivity contribution in [3.8, 4) is 0 Å². The summed E-state index contributed by atoms with van der Waals surface area (Å²) < 4.78 is 34.0. The lowest BCUT2D eigenvalue weighted by atomic mass is 9.97. The third kappa shape index (κ3) is 7.82. The van der Waals surface area contributed by atoms with Gasteiger partial charge in [-0.3, -0.25) is 4.79 Å². The molecule has 5 rings (SSSR count). The first-order valence-electron chi connectivity index (χ1n) is 14.2. The largest absolute Gasteiger partial charge is 0.459 e. The van der Waals surface area contributed by atoms with Gasteiger partial charge in [0.15, 0.2) is 12.2 Å². The van der Waals surface area contributed by atoms with Gasteiger partial charge in [-0.2, -0.15) is 0 Å². The zero-order valence-corrected chi connectivity index (χ0v) is 24.2. The molecule has 0 N–H and O–H groups in total. The van der Waals surface area contributed by atoms with E-state index in [-0.39, 0.29) is 28.7 Å². The van der Waals surface area contributed by atoms with Crippen molar-refractivity contribution >= 4 is 30.3 Å². The van der Waals surface area contributed by atoms with Gasteiger partial charge in [0.25, 0.3) is 6.47 Å². The van der Waals surface area contributed by atoms with E-state index in [0.29, 0.717) is 0 Å². The van der Waals surface area contributed by atoms with Gasteiger partial charge >= 0.3 is 23.9 Å². The molecule has 0 aromatic heterocycles.